The van der Waals surface area contributed by atoms with Crippen molar-refractivity contribution in [3.8, 4) is 0 Å². The minimum Gasteiger partial charge on any atom is -0.368 e. The van der Waals surface area contributed by atoms with Crippen LogP contribution in [0.25, 0.3) is 0 Å². The third-order valence-corrected chi connectivity index (χ3v) is 4.09. The molecule has 0 fully saturated rings. The molecular formula is C13H16BrN5S. The Kier molecular flexibility index (Phi) is 5.19. The number of aromatic nitrogens is 3. The van der Waals surface area contributed by atoms with Crippen molar-refractivity contribution < 1.29 is 0 Å². The molecule has 1 aromatic carbocycles. The van der Waals surface area contributed by atoms with E-state index in [9.17, 15) is 0 Å². The van der Waals surface area contributed by atoms with Crippen molar-refractivity contribution in [1.29, 1.82) is 0 Å². The van der Waals surface area contributed by atoms with Gasteiger partial charge in [-0.3, -0.25) is 0 Å². The topological polar surface area (TPSA) is 67.9 Å². The molecule has 0 radical (unpaired) electrons. The van der Waals surface area contributed by atoms with Gasteiger partial charge in [-0.15, -0.1) is 0 Å². The van der Waals surface area contributed by atoms with Crippen LogP contribution >= 0.6 is 27.7 Å². The molecule has 0 bridgehead atoms. The van der Waals surface area contributed by atoms with E-state index in [1.807, 2.05) is 29.2 Å². The zero-order chi connectivity index (χ0) is 14.5. The van der Waals surface area contributed by atoms with Crippen LogP contribution in [0.15, 0.2) is 38.8 Å². The summed E-state index contributed by atoms with van der Waals surface area (Å²) >= 11 is 4.89. The van der Waals surface area contributed by atoms with Gasteiger partial charge in [-0.05, 0) is 49.9 Å². The summed E-state index contributed by atoms with van der Waals surface area (Å²) in [5.41, 5.74) is 5.77. The van der Waals surface area contributed by atoms with Crippen LogP contribution in [-0.4, -0.2) is 28.0 Å². The maximum Gasteiger partial charge on any atom is 0.231 e. The monoisotopic (exact) mass is 353 g/mol. The number of rotatable bonds is 5. The van der Waals surface area contributed by atoms with Gasteiger partial charge < -0.3 is 10.6 Å². The largest absolute Gasteiger partial charge is 0.368 e. The molecule has 0 saturated carbocycles. The Hall–Kier alpha value is -1.34. The molecule has 1 heterocycles. The zero-order valence-electron chi connectivity index (χ0n) is 11.4. The second-order valence-corrected chi connectivity index (χ2v) is 5.96. The van der Waals surface area contributed by atoms with Crippen molar-refractivity contribution in [3.05, 3.63) is 28.7 Å². The highest BCUT2D eigenvalue weighted by atomic mass is 79.9. The Labute approximate surface area is 131 Å². The standard InChI is InChI=1S/C13H16BrN5S/c1-3-19(4-2)12-16-11(15)17-13(18-12)20-10-7-5-9(14)6-8-10/h5-8H,3-4H2,1-2H3,(H2,15,16,17,18). The molecule has 0 spiro atoms. The first-order valence-electron chi connectivity index (χ1n) is 6.32. The van der Waals surface area contributed by atoms with Crippen LogP contribution in [0.5, 0.6) is 0 Å². The second-order valence-electron chi connectivity index (χ2n) is 4.00. The molecule has 0 aliphatic carbocycles. The molecule has 2 N–H and O–H groups in total. The minimum absolute atomic E-state index is 0.251. The van der Waals surface area contributed by atoms with Crippen molar-refractivity contribution in [2.24, 2.45) is 0 Å². The summed E-state index contributed by atoms with van der Waals surface area (Å²) in [7, 11) is 0. The van der Waals surface area contributed by atoms with Gasteiger partial charge in [-0.2, -0.15) is 15.0 Å². The van der Waals surface area contributed by atoms with Crippen molar-refractivity contribution in [2.45, 2.75) is 23.9 Å². The third-order valence-electron chi connectivity index (χ3n) is 2.69. The van der Waals surface area contributed by atoms with Crippen LogP contribution in [0.2, 0.25) is 0 Å². The maximum atomic E-state index is 5.77. The van der Waals surface area contributed by atoms with E-state index in [4.69, 9.17) is 5.73 Å². The number of hydrogen-bond donors (Lipinski definition) is 1. The molecule has 0 aliphatic rings. The average Bonchev–Trinajstić information content (AvgIpc) is 2.42. The first-order valence-corrected chi connectivity index (χ1v) is 7.93. The highest BCUT2D eigenvalue weighted by molar-refractivity contribution is 9.10. The van der Waals surface area contributed by atoms with Gasteiger partial charge in [0.15, 0.2) is 5.16 Å². The fraction of sp³-hybridized carbons (Fsp3) is 0.308. The van der Waals surface area contributed by atoms with E-state index in [2.05, 4.69) is 44.7 Å². The molecule has 20 heavy (non-hydrogen) atoms. The Balaban J connectivity index is 2.25. The van der Waals surface area contributed by atoms with E-state index in [0.717, 1.165) is 22.5 Å². The highest BCUT2D eigenvalue weighted by Gasteiger charge is 2.10. The molecule has 5 nitrogen and oxygen atoms in total. The Morgan fingerprint density at radius 2 is 1.75 bits per heavy atom. The van der Waals surface area contributed by atoms with Gasteiger partial charge in [0, 0.05) is 22.5 Å². The summed E-state index contributed by atoms with van der Waals surface area (Å²) < 4.78 is 1.04. The molecule has 0 saturated heterocycles. The van der Waals surface area contributed by atoms with Crippen LogP contribution in [0, 0.1) is 0 Å². The summed E-state index contributed by atoms with van der Waals surface area (Å²) in [5.74, 6) is 0.878. The number of anilines is 2. The molecule has 0 atom stereocenters. The summed E-state index contributed by atoms with van der Waals surface area (Å²) in [6, 6.07) is 7.98. The van der Waals surface area contributed by atoms with Crippen molar-refractivity contribution in [3.63, 3.8) is 0 Å². The maximum absolute atomic E-state index is 5.77. The van der Waals surface area contributed by atoms with E-state index >= 15 is 0 Å². The summed E-state index contributed by atoms with van der Waals surface area (Å²) in [6.07, 6.45) is 0. The van der Waals surface area contributed by atoms with E-state index in [1.54, 1.807) is 0 Å². The number of hydrogen-bond acceptors (Lipinski definition) is 6. The molecule has 7 heteroatoms. The molecule has 0 unspecified atom stereocenters. The number of nitrogen functional groups attached to an aromatic ring is 1. The lowest BCUT2D eigenvalue weighted by Crippen LogP contribution is -2.25. The zero-order valence-corrected chi connectivity index (χ0v) is 13.8. The van der Waals surface area contributed by atoms with E-state index in [-0.39, 0.29) is 5.95 Å². The third kappa shape index (κ3) is 3.83. The SMILES string of the molecule is CCN(CC)c1nc(N)nc(Sc2ccc(Br)cc2)n1. The lowest BCUT2D eigenvalue weighted by Gasteiger charge is -2.18. The van der Waals surface area contributed by atoms with Crippen LogP contribution < -0.4 is 10.6 Å². The number of nitrogens with two attached hydrogens (primary N) is 1. The number of nitrogens with zero attached hydrogens (tertiary/aromatic N) is 4. The second kappa shape index (κ2) is 6.90. The van der Waals surface area contributed by atoms with Gasteiger partial charge in [0.25, 0.3) is 0 Å². The number of halogens is 1. The van der Waals surface area contributed by atoms with Crippen molar-refractivity contribution >= 4 is 39.6 Å². The summed E-state index contributed by atoms with van der Waals surface area (Å²) in [6.45, 7) is 5.79. The van der Waals surface area contributed by atoms with E-state index in [1.165, 1.54) is 11.8 Å². The molecule has 0 aliphatic heterocycles. The van der Waals surface area contributed by atoms with Crippen LogP contribution in [0.1, 0.15) is 13.8 Å². The average molecular weight is 354 g/mol. The molecule has 2 aromatic rings. The van der Waals surface area contributed by atoms with Crippen LogP contribution in [-0.2, 0) is 0 Å². The molecule has 2 rings (SSSR count). The first kappa shape index (κ1) is 15.1. The lowest BCUT2D eigenvalue weighted by molar-refractivity contribution is 0.787. The smallest absolute Gasteiger partial charge is 0.231 e. The Morgan fingerprint density at radius 1 is 1.10 bits per heavy atom. The van der Waals surface area contributed by atoms with Gasteiger partial charge in [-0.25, -0.2) is 0 Å². The Bertz CT molecular complexity index is 571. The first-order chi connectivity index (χ1) is 9.62. The quantitative estimate of drug-likeness (QED) is 0.889. The van der Waals surface area contributed by atoms with Gasteiger partial charge in [-0.1, -0.05) is 15.9 Å². The molecule has 106 valence electrons. The lowest BCUT2D eigenvalue weighted by atomic mass is 10.4. The van der Waals surface area contributed by atoms with Crippen molar-refractivity contribution in [2.75, 3.05) is 23.7 Å². The van der Waals surface area contributed by atoms with Gasteiger partial charge in [0.05, 0.1) is 0 Å². The molecular weight excluding hydrogens is 338 g/mol. The fourth-order valence-electron chi connectivity index (χ4n) is 1.66. The predicted octanol–water partition coefficient (Wildman–Crippen LogP) is 3.21. The molecule has 0 amide bonds. The van der Waals surface area contributed by atoms with Gasteiger partial charge in [0.1, 0.15) is 0 Å². The summed E-state index contributed by atoms with van der Waals surface area (Å²) in [5, 5.41) is 0.613. The van der Waals surface area contributed by atoms with Crippen molar-refractivity contribution in [1.82, 2.24) is 15.0 Å². The fourth-order valence-corrected chi connectivity index (χ4v) is 2.68. The van der Waals surface area contributed by atoms with Crippen LogP contribution in [0.4, 0.5) is 11.9 Å². The summed E-state index contributed by atoms with van der Waals surface area (Å²) in [4.78, 5) is 15.9. The minimum atomic E-state index is 0.251. The van der Waals surface area contributed by atoms with Gasteiger partial charge in [0.2, 0.25) is 11.9 Å². The Morgan fingerprint density at radius 3 is 2.35 bits per heavy atom. The highest BCUT2D eigenvalue weighted by Crippen LogP contribution is 2.27. The van der Waals surface area contributed by atoms with Crippen LogP contribution in [0.3, 0.4) is 0 Å². The van der Waals surface area contributed by atoms with E-state index in [0.29, 0.717) is 11.1 Å². The van der Waals surface area contributed by atoms with E-state index < -0.39 is 0 Å². The normalized spacial score (nSPS) is 10.6. The van der Waals surface area contributed by atoms with Gasteiger partial charge >= 0.3 is 0 Å². The predicted molar refractivity (Wildman–Crippen MR) is 86.1 cm³/mol. The molecule has 1 aromatic heterocycles. The number of benzene rings is 1.